The molecule has 6 heteroatoms. The van der Waals surface area contributed by atoms with Crippen molar-refractivity contribution in [3.63, 3.8) is 0 Å². The highest BCUT2D eigenvalue weighted by Gasteiger charge is 2.43. The first-order valence-electron chi connectivity index (χ1n) is 6.77. The molecule has 1 aromatic heterocycles. The summed E-state index contributed by atoms with van der Waals surface area (Å²) in [5.74, 6) is 0. The van der Waals surface area contributed by atoms with Crippen molar-refractivity contribution >= 4 is 21.4 Å². The van der Waals surface area contributed by atoms with Crippen molar-refractivity contribution in [1.29, 1.82) is 0 Å². The van der Waals surface area contributed by atoms with Crippen LogP contribution in [0.3, 0.4) is 0 Å². The molecular weight excluding hydrogens is 282 g/mol. The quantitative estimate of drug-likeness (QED) is 0.858. The van der Waals surface area contributed by atoms with Gasteiger partial charge < -0.3 is 4.74 Å². The van der Waals surface area contributed by atoms with Gasteiger partial charge in [-0.3, -0.25) is 0 Å². The molecule has 1 aliphatic carbocycles. The largest absolute Gasteiger partial charge is 0.381 e. The third-order valence-corrected chi connectivity index (χ3v) is 7.18. The van der Waals surface area contributed by atoms with Gasteiger partial charge in [-0.2, -0.15) is 4.31 Å². The van der Waals surface area contributed by atoms with E-state index in [1.54, 1.807) is 10.4 Å². The molecule has 0 unspecified atom stereocenters. The average Bonchev–Trinajstić information content (AvgIpc) is 3.10. The van der Waals surface area contributed by atoms with Gasteiger partial charge >= 0.3 is 0 Å². The Morgan fingerprint density at radius 2 is 1.79 bits per heavy atom. The highest BCUT2D eigenvalue weighted by atomic mass is 32.2. The summed E-state index contributed by atoms with van der Waals surface area (Å²) in [7, 11) is -3.32. The summed E-state index contributed by atoms with van der Waals surface area (Å²) in [6.07, 6.45) is 3.64. The topological polar surface area (TPSA) is 46.6 Å². The first-order chi connectivity index (χ1) is 9.09. The molecule has 0 aromatic carbocycles. The number of sulfonamides is 1. The van der Waals surface area contributed by atoms with E-state index >= 15 is 0 Å². The highest BCUT2D eigenvalue weighted by molar-refractivity contribution is 7.91. The molecule has 1 saturated heterocycles. The smallest absolute Gasteiger partial charge is 0.253 e. The Hall–Kier alpha value is -0.430. The maximum Gasteiger partial charge on any atom is 0.253 e. The van der Waals surface area contributed by atoms with Crippen molar-refractivity contribution in [1.82, 2.24) is 4.31 Å². The monoisotopic (exact) mass is 301 g/mol. The Bertz CT molecular complexity index is 542. The Balaban J connectivity index is 1.90. The fourth-order valence-electron chi connectivity index (χ4n) is 2.61. The molecule has 0 spiro atoms. The highest BCUT2D eigenvalue weighted by Crippen LogP contribution is 2.37. The van der Waals surface area contributed by atoms with Crippen LogP contribution < -0.4 is 0 Å². The van der Waals surface area contributed by atoms with E-state index in [0.29, 0.717) is 17.4 Å². The van der Waals surface area contributed by atoms with Crippen LogP contribution in [0.25, 0.3) is 0 Å². The van der Waals surface area contributed by atoms with E-state index in [1.165, 1.54) is 11.3 Å². The van der Waals surface area contributed by atoms with Crippen molar-refractivity contribution < 1.29 is 13.2 Å². The molecular formula is C13H19NO3S2. The second-order valence-corrected chi connectivity index (χ2v) is 8.63. The van der Waals surface area contributed by atoms with Gasteiger partial charge in [0, 0.05) is 30.2 Å². The van der Waals surface area contributed by atoms with Crippen LogP contribution in [0.15, 0.2) is 16.3 Å². The van der Waals surface area contributed by atoms with Crippen molar-refractivity contribution in [2.24, 2.45) is 0 Å². The van der Waals surface area contributed by atoms with E-state index in [-0.39, 0.29) is 12.1 Å². The third-order valence-electron chi connectivity index (χ3n) is 3.70. The molecule has 2 aliphatic rings. The SMILES string of the molecule is Cc1ccc(S(=O)(=O)N(C2CCOCC2)C2CC2)s1. The first kappa shape index (κ1) is 13.5. The van der Waals surface area contributed by atoms with Crippen LogP contribution >= 0.6 is 11.3 Å². The summed E-state index contributed by atoms with van der Waals surface area (Å²) >= 11 is 1.37. The second-order valence-electron chi connectivity index (χ2n) is 5.27. The van der Waals surface area contributed by atoms with Crippen LogP contribution in [0, 0.1) is 6.92 Å². The van der Waals surface area contributed by atoms with E-state index in [4.69, 9.17) is 4.74 Å². The van der Waals surface area contributed by atoms with Crippen LogP contribution in [0.4, 0.5) is 0 Å². The van der Waals surface area contributed by atoms with Gasteiger partial charge in [0.15, 0.2) is 0 Å². The number of hydrogen-bond acceptors (Lipinski definition) is 4. The number of hydrogen-bond donors (Lipinski definition) is 0. The van der Waals surface area contributed by atoms with E-state index < -0.39 is 10.0 Å². The molecule has 0 amide bonds. The number of aryl methyl sites for hydroxylation is 1. The van der Waals surface area contributed by atoms with E-state index in [1.807, 2.05) is 13.0 Å². The van der Waals surface area contributed by atoms with Crippen molar-refractivity contribution in [3.8, 4) is 0 Å². The Morgan fingerprint density at radius 3 is 2.32 bits per heavy atom. The minimum absolute atomic E-state index is 0.119. The summed E-state index contributed by atoms with van der Waals surface area (Å²) in [6.45, 7) is 3.29. The lowest BCUT2D eigenvalue weighted by molar-refractivity contribution is 0.0570. The summed E-state index contributed by atoms with van der Waals surface area (Å²) in [5, 5.41) is 0. The standard InChI is InChI=1S/C13H19NO3S2/c1-10-2-5-13(18-10)19(15,16)14(11-3-4-11)12-6-8-17-9-7-12/h2,5,11-12H,3-4,6-9H2,1H3. The van der Waals surface area contributed by atoms with Gasteiger partial charge in [-0.1, -0.05) is 0 Å². The minimum atomic E-state index is -3.32. The molecule has 0 atom stereocenters. The summed E-state index contributed by atoms with van der Waals surface area (Å²) in [4.78, 5) is 1.04. The molecule has 0 N–H and O–H groups in total. The molecule has 2 fully saturated rings. The first-order valence-corrected chi connectivity index (χ1v) is 9.02. The molecule has 4 nitrogen and oxygen atoms in total. The Morgan fingerprint density at radius 1 is 1.16 bits per heavy atom. The molecule has 2 heterocycles. The fraction of sp³-hybridized carbons (Fsp3) is 0.692. The zero-order valence-corrected chi connectivity index (χ0v) is 12.7. The van der Waals surface area contributed by atoms with Crippen LogP contribution in [-0.2, 0) is 14.8 Å². The molecule has 1 aliphatic heterocycles. The van der Waals surface area contributed by atoms with Crippen LogP contribution in [0.1, 0.15) is 30.6 Å². The average molecular weight is 301 g/mol. The summed E-state index contributed by atoms with van der Waals surface area (Å²) in [5.41, 5.74) is 0. The second kappa shape index (κ2) is 5.16. The van der Waals surface area contributed by atoms with E-state index in [0.717, 1.165) is 30.6 Å². The van der Waals surface area contributed by atoms with Crippen molar-refractivity contribution in [2.45, 2.75) is 48.9 Å². The number of ether oxygens (including phenoxy) is 1. The molecule has 0 bridgehead atoms. The molecule has 19 heavy (non-hydrogen) atoms. The molecule has 1 aromatic rings. The number of thiophene rings is 1. The van der Waals surface area contributed by atoms with Gasteiger partial charge in [-0.25, -0.2) is 8.42 Å². The van der Waals surface area contributed by atoms with Crippen molar-refractivity contribution in [3.05, 3.63) is 17.0 Å². The lowest BCUT2D eigenvalue weighted by atomic mass is 10.1. The Kier molecular flexibility index (Phi) is 3.68. The van der Waals surface area contributed by atoms with Gasteiger partial charge in [-0.15, -0.1) is 11.3 Å². The normalized spacial score (nSPS) is 22.0. The maximum absolute atomic E-state index is 12.8. The summed E-state index contributed by atoms with van der Waals surface area (Å²) in [6, 6.07) is 3.96. The predicted molar refractivity (Wildman–Crippen MR) is 74.9 cm³/mol. The van der Waals surface area contributed by atoms with Gasteiger partial charge in [0.1, 0.15) is 4.21 Å². The lowest BCUT2D eigenvalue weighted by Crippen LogP contribution is -2.44. The van der Waals surface area contributed by atoms with Gasteiger partial charge in [0.2, 0.25) is 0 Å². The number of nitrogens with zero attached hydrogens (tertiary/aromatic N) is 1. The molecule has 1 saturated carbocycles. The zero-order chi connectivity index (χ0) is 13.5. The van der Waals surface area contributed by atoms with Crippen molar-refractivity contribution in [2.75, 3.05) is 13.2 Å². The summed E-state index contributed by atoms with van der Waals surface area (Å²) < 4.78 is 33.3. The third kappa shape index (κ3) is 2.72. The molecule has 0 radical (unpaired) electrons. The van der Waals surface area contributed by atoms with Crippen LogP contribution in [0.2, 0.25) is 0 Å². The van der Waals surface area contributed by atoms with Gasteiger partial charge in [0.05, 0.1) is 0 Å². The molecule has 3 rings (SSSR count). The fourth-order valence-corrected chi connectivity index (χ4v) is 5.93. The van der Waals surface area contributed by atoms with Crippen LogP contribution in [-0.4, -0.2) is 38.0 Å². The predicted octanol–water partition coefficient (Wildman–Crippen LogP) is 2.39. The van der Waals surface area contributed by atoms with Gasteiger partial charge in [0.25, 0.3) is 10.0 Å². The van der Waals surface area contributed by atoms with E-state index in [2.05, 4.69) is 0 Å². The maximum atomic E-state index is 12.8. The Labute approximate surface area is 118 Å². The zero-order valence-electron chi connectivity index (χ0n) is 11.0. The van der Waals surface area contributed by atoms with Crippen LogP contribution in [0.5, 0.6) is 0 Å². The van der Waals surface area contributed by atoms with Gasteiger partial charge in [-0.05, 0) is 44.7 Å². The molecule has 106 valence electrons. The lowest BCUT2D eigenvalue weighted by Gasteiger charge is -2.33. The minimum Gasteiger partial charge on any atom is -0.381 e. The number of rotatable bonds is 4. The van der Waals surface area contributed by atoms with E-state index in [9.17, 15) is 8.42 Å².